The SMILES string of the molecule is COc1c(C)cc([S+](C)c2cc(C)c(CO)c(C)c2)cc1C. The van der Waals surface area contributed by atoms with Crippen LogP contribution in [0.15, 0.2) is 34.1 Å². The fourth-order valence-electron chi connectivity index (χ4n) is 2.93. The Balaban J connectivity index is 2.46. The predicted octanol–water partition coefficient (Wildman–Crippen LogP) is 4.09. The van der Waals surface area contributed by atoms with Gasteiger partial charge in [-0.3, -0.25) is 0 Å². The summed E-state index contributed by atoms with van der Waals surface area (Å²) in [7, 11) is 1.73. The van der Waals surface area contributed by atoms with Gasteiger partial charge in [0.05, 0.1) is 24.6 Å². The summed E-state index contributed by atoms with van der Waals surface area (Å²) in [6, 6.07) is 8.85. The van der Waals surface area contributed by atoms with Gasteiger partial charge in [-0.2, -0.15) is 0 Å². The smallest absolute Gasteiger partial charge is 0.161 e. The van der Waals surface area contributed by atoms with E-state index in [4.69, 9.17) is 4.74 Å². The molecular weight excluding hydrogens is 292 g/mol. The third kappa shape index (κ3) is 3.16. The van der Waals surface area contributed by atoms with Crippen molar-refractivity contribution in [2.45, 2.75) is 44.1 Å². The largest absolute Gasteiger partial charge is 0.496 e. The first kappa shape index (κ1) is 16.9. The van der Waals surface area contributed by atoms with Crippen LogP contribution in [-0.2, 0) is 17.5 Å². The number of ether oxygens (including phenoxy) is 1. The van der Waals surface area contributed by atoms with Crippen LogP contribution in [0.1, 0.15) is 27.8 Å². The lowest BCUT2D eigenvalue weighted by Gasteiger charge is -2.12. The van der Waals surface area contributed by atoms with Crippen LogP contribution < -0.4 is 4.74 Å². The molecule has 0 bridgehead atoms. The topological polar surface area (TPSA) is 29.5 Å². The van der Waals surface area contributed by atoms with Gasteiger partial charge < -0.3 is 9.84 Å². The van der Waals surface area contributed by atoms with Crippen molar-refractivity contribution in [3.63, 3.8) is 0 Å². The molecule has 2 rings (SSSR count). The van der Waals surface area contributed by atoms with Crippen molar-refractivity contribution >= 4 is 10.9 Å². The Hall–Kier alpha value is -1.45. The molecule has 1 atom stereocenters. The van der Waals surface area contributed by atoms with Gasteiger partial charge in [-0.15, -0.1) is 0 Å². The van der Waals surface area contributed by atoms with Gasteiger partial charge in [0, 0.05) is 12.1 Å². The monoisotopic (exact) mass is 317 g/mol. The van der Waals surface area contributed by atoms with E-state index in [1.165, 1.54) is 32.0 Å². The number of hydrogen-bond acceptors (Lipinski definition) is 2. The number of aryl methyl sites for hydroxylation is 4. The zero-order valence-corrected chi connectivity index (χ0v) is 15.1. The Bertz CT molecular complexity index is 586. The quantitative estimate of drug-likeness (QED) is 0.861. The van der Waals surface area contributed by atoms with Crippen LogP contribution in [-0.4, -0.2) is 18.5 Å². The highest BCUT2D eigenvalue weighted by molar-refractivity contribution is 7.96. The van der Waals surface area contributed by atoms with E-state index in [0.717, 1.165) is 11.3 Å². The van der Waals surface area contributed by atoms with Crippen LogP contribution >= 0.6 is 0 Å². The summed E-state index contributed by atoms with van der Waals surface area (Å²) in [5.41, 5.74) is 5.73. The summed E-state index contributed by atoms with van der Waals surface area (Å²) < 4.78 is 5.46. The molecule has 22 heavy (non-hydrogen) atoms. The molecule has 0 aromatic heterocycles. The summed E-state index contributed by atoms with van der Waals surface area (Å²) in [6.45, 7) is 8.44. The van der Waals surface area contributed by atoms with Gasteiger partial charge in [-0.05, 0) is 67.6 Å². The fraction of sp³-hybridized carbons (Fsp3) is 0.368. The maximum Gasteiger partial charge on any atom is 0.161 e. The first-order valence-electron chi connectivity index (χ1n) is 7.41. The van der Waals surface area contributed by atoms with Gasteiger partial charge in [0.2, 0.25) is 0 Å². The molecule has 0 spiro atoms. The minimum Gasteiger partial charge on any atom is -0.496 e. The van der Waals surface area contributed by atoms with Gasteiger partial charge >= 0.3 is 0 Å². The third-order valence-corrected chi connectivity index (χ3v) is 6.06. The highest BCUT2D eigenvalue weighted by Gasteiger charge is 2.23. The summed E-state index contributed by atoms with van der Waals surface area (Å²) in [5, 5.41) is 9.46. The lowest BCUT2D eigenvalue weighted by atomic mass is 10.0. The molecule has 0 amide bonds. The molecule has 3 heteroatoms. The van der Waals surface area contributed by atoms with Gasteiger partial charge in [-0.25, -0.2) is 0 Å². The minimum atomic E-state index is 0.00440. The van der Waals surface area contributed by atoms with E-state index < -0.39 is 0 Å². The summed E-state index contributed by atoms with van der Waals surface area (Å²) in [5.74, 6) is 0.976. The molecule has 2 aromatic carbocycles. The minimum absolute atomic E-state index is 0.00440. The van der Waals surface area contributed by atoms with Crippen LogP contribution in [0.3, 0.4) is 0 Å². The second kappa shape index (κ2) is 6.76. The molecule has 2 nitrogen and oxygen atoms in total. The number of aliphatic hydroxyl groups is 1. The molecule has 0 saturated heterocycles. The highest BCUT2D eigenvalue weighted by atomic mass is 32.2. The molecule has 0 aliphatic rings. The zero-order valence-electron chi connectivity index (χ0n) is 14.3. The lowest BCUT2D eigenvalue weighted by Crippen LogP contribution is -2.05. The van der Waals surface area contributed by atoms with Gasteiger partial charge in [-0.1, -0.05) is 0 Å². The average Bonchev–Trinajstić information content (AvgIpc) is 2.45. The van der Waals surface area contributed by atoms with E-state index in [1.807, 2.05) is 0 Å². The average molecular weight is 317 g/mol. The van der Waals surface area contributed by atoms with Gasteiger partial charge in [0.25, 0.3) is 0 Å². The molecule has 1 N–H and O–H groups in total. The molecule has 0 aliphatic carbocycles. The Kier molecular flexibility index (Phi) is 5.20. The van der Waals surface area contributed by atoms with E-state index in [9.17, 15) is 5.11 Å². The first-order chi connectivity index (χ1) is 10.4. The highest BCUT2D eigenvalue weighted by Crippen LogP contribution is 2.31. The third-order valence-electron chi connectivity index (χ3n) is 4.17. The van der Waals surface area contributed by atoms with E-state index in [2.05, 4.69) is 58.2 Å². The molecule has 2 aromatic rings. The van der Waals surface area contributed by atoms with Crippen LogP contribution in [0.25, 0.3) is 0 Å². The Labute approximate surface area is 136 Å². The number of methoxy groups -OCH3 is 1. The maximum atomic E-state index is 9.46. The van der Waals surface area contributed by atoms with Crippen LogP contribution in [0, 0.1) is 27.7 Å². The van der Waals surface area contributed by atoms with E-state index in [0.29, 0.717) is 0 Å². The Morgan fingerprint density at radius 2 is 1.27 bits per heavy atom. The van der Waals surface area contributed by atoms with Crippen molar-refractivity contribution in [2.24, 2.45) is 0 Å². The zero-order chi connectivity index (χ0) is 16.4. The molecular formula is C19H25O2S+. The van der Waals surface area contributed by atoms with Crippen molar-refractivity contribution in [3.8, 4) is 5.75 Å². The molecule has 118 valence electrons. The molecule has 1 unspecified atom stereocenters. The van der Waals surface area contributed by atoms with E-state index in [-0.39, 0.29) is 17.5 Å². The second-order valence-electron chi connectivity index (χ2n) is 5.79. The number of rotatable bonds is 4. The first-order valence-corrected chi connectivity index (χ1v) is 9.04. The molecule has 0 heterocycles. The normalized spacial score (nSPS) is 12.3. The van der Waals surface area contributed by atoms with Crippen LogP contribution in [0.2, 0.25) is 0 Å². The summed E-state index contributed by atoms with van der Waals surface area (Å²) in [4.78, 5) is 2.64. The molecule has 0 saturated carbocycles. The Morgan fingerprint density at radius 3 is 1.64 bits per heavy atom. The van der Waals surface area contributed by atoms with Crippen molar-refractivity contribution in [1.82, 2.24) is 0 Å². The summed E-state index contributed by atoms with van der Waals surface area (Å²) >= 11 is 0. The predicted molar refractivity (Wildman–Crippen MR) is 94.1 cm³/mol. The van der Waals surface area contributed by atoms with Gasteiger partial charge in [0.1, 0.15) is 12.0 Å². The van der Waals surface area contributed by atoms with Crippen molar-refractivity contribution < 1.29 is 9.84 Å². The van der Waals surface area contributed by atoms with Crippen molar-refractivity contribution in [1.29, 1.82) is 0 Å². The molecule has 0 radical (unpaired) electrons. The van der Waals surface area contributed by atoms with E-state index in [1.54, 1.807) is 7.11 Å². The van der Waals surface area contributed by atoms with Crippen molar-refractivity contribution in [3.05, 3.63) is 52.1 Å². The second-order valence-corrected chi connectivity index (χ2v) is 7.76. The van der Waals surface area contributed by atoms with Crippen molar-refractivity contribution in [2.75, 3.05) is 13.4 Å². The number of hydrogen-bond donors (Lipinski definition) is 1. The lowest BCUT2D eigenvalue weighted by molar-refractivity contribution is 0.280. The van der Waals surface area contributed by atoms with Crippen LogP contribution in [0.5, 0.6) is 5.75 Å². The molecule has 0 fully saturated rings. The standard InChI is InChI=1S/C19H25O2S/c1-12-7-16(8-13(2)18(12)11-20)22(6)17-9-14(3)19(21-5)15(4)10-17/h7-10,20H,11H2,1-6H3/q+1. The maximum absolute atomic E-state index is 9.46. The van der Waals surface area contributed by atoms with Gasteiger partial charge in [0.15, 0.2) is 9.79 Å². The summed E-state index contributed by atoms with van der Waals surface area (Å²) in [6.07, 6.45) is 2.26. The number of aliphatic hydroxyl groups excluding tert-OH is 1. The van der Waals surface area contributed by atoms with Crippen LogP contribution in [0.4, 0.5) is 0 Å². The van der Waals surface area contributed by atoms with E-state index >= 15 is 0 Å². The fourth-order valence-corrected chi connectivity index (χ4v) is 4.61. The number of benzene rings is 2. The molecule has 0 aliphatic heterocycles. The Morgan fingerprint density at radius 1 is 0.864 bits per heavy atom.